The van der Waals surface area contributed by atoms with E-state index in [0.717, 1.165) is 23.9 Å². The average Bonchev–Trinajstić information content (AvgIpc) is 3.33. The van der Waals surface area contributed by atoms with Crippen molar-refractivity contribution in [1.29, 1.82) is 0 Å². The van der Waals surface area contributed by atoms with E-state index in [0.29, 0.717) is 23.5 Å². The molecule has 1 aliphatic heterocycles. The van der Waals surface area contributed by atoms with Crippen LogP contribution in [0.4, 0.5) is 0 Å². The van der Waals surface area contributed by atoms with Crippen LogP contribution in [0, 0.1) is 0 Å². The topological polar surface area (TPSA) is 53.5 Å². The summed E-state index contributed by atoms with van der Waals surface area (Å²) >= 11 is 0. The Morgan fingerprint density at radius 1 is 1.09 bits per heavy atom. The molecule has 6 heteroatoms. The Morgan fingerprint density at radius 2 is 1.83 bits per heavy atom. The highest BCUT2D eigenvalue weighted by molar-refractivity contribution is 7.89. The molecule has 4 rings (SSSR count). The maximum absolute atomic E-state index is 13.1. The van der Waals surface area contributed by atoms with Gasteiger partial charge in [0.15, 0.2) is 0 Å². The van der Waals surface area contributed by atoms with Gasteiger partial charge in [-0.1, -0.05) is 12.1 Å². The Morgan fingerprint density at radius 3 is 2.52 bits per heavy atom. The molecular formula is C17H21N3O2S. The van der Waals surface area contributed by atoms with E-state index in [4.69, 9.17) is 0 Å². The molecule has 1 aliphatic carbocycles. The molecule has 122 valence electrons. The first-order valence-corrected chi connectivity index (χ1v) is 9.53. The minimum atomic E-state index is -3.46. The van der Waals surface area contributed by atoms with Crippen molar-refractivity contribution in [3.05, 3.63) is 36.7 Å². The maximum Gasteiger partial charge on any atom is 0.243 e. The van der Waals surface area contributed by atoms with Crippen LogP contribution in [0.1, 0.15) is 19.8 Å². The highest BCUT2D eigenvalue weighted by Crippen LogP contribution is 2.41. The number of sulfonamides is 1. The van der Waals surface area contributed by atoms with Crippen molar-refractivity contribution >= 4 is 20.8 Å². The van der Waals surface area contributed by atoms with Crippen LogP contribution in [-0.2, 0) is 10.0 Å². The zero-order valence-corrected chi connectivity index (χ0v) is 14.1. The minimum Gasteiger partial charge on any atom is -0.295 e. The van der Waals surface area contributed by atoms with Crippen molar-refractivity contribution in [2.24, 2.45) is 0 Å². The lowest BCUT2D eigenvalue weighted by Gasteiger charge is -2.37. The van der Waals surface area contributed by atoms with E-state index in [1.165, 1.54) is 12.8 Å². The molecule has 0 radical (unpaired) electrons. The summed E-state index contributed by atoms with van der Waals surface area (Å²) in [6, 6.07) is 7.17. The number of piperazine rings is 1. The average molecular weight is 331 g/mol. The summed E-state index contributed by atoms with van der Waals surface area (Å²) < 4.78 is 27.7. The highest BCUT2D eigenvalue weighted by atomic mass is 32.2. The second-order valence-corrected chi connectivity index (χ2v) is 8.65. The molecule has 0 atom stereocenters. The summed E-state index contributed by atoms with van der Waals surface area (Å²) in [5, 5.41) is 1.61. The molecule has 2 heterocycles. The van der Waals surface area contributed by atoms with Crippen LogP contribution in [0.5, 0.6) is 0 Å². The monoisotopic (exact) mass is 331 g/mol. The van der Waals surface area contributed by atoms with Crippen molar-refractivity contribution < 1.29 is 8.42 Å². The zero-order chi connectivity index (χ0) is 16.1. The summed E-state index contributed by atoms with van der Waals surface area (Å²) in [5.41, 5.74) is 0.320. The van der Waals surface area contributed by atoms with Gasteiger partial charge in [-0.15, -0.1) is 0 Å². The van der Waals surface area contributed by atoms with E-state index in [1.807, 2.05) is 6.07 Å². The molecule has 0 amide bonds. The first kappa shape index (κ1) is 15.1. The quantitative estimate of drug-likeness (QED) is 0.864. The third-order valence-electron chi connectivity index (χ3n) is 5.23. The van der Waals surface area contributed by atoms with Crippen LogP contribution in [0.3, 0.4) is 0 Å². The third-order valence-corrected chi connectivity index (χ3v) is 7.19. The molecule has 2 aromatic rings. The van der Waals surface area contributed by atoms with Crippen LogP contribution in [-0.4, -0.2) is 54.3 Å². The number of benzene rings is 1. The number of aromatic nitrogens is 1. The molecule has 0 bridgehead atoms. The maximum atomic E-state index is 13.1. The Kier molecular flexibility index (Phi) is 3.44. The molecule has 2 aliphatic rings. The van der Waals surface area contributed by atoms with Crippen LogP contribution in [0.2, 0.25) is 0 Å². The van der Waals surface area contributed by atoms with Gasteiger partial charge in [-0.25, -0.2) is 8.42 Å². The molecule has 23 heavy (non-hydrogen) atoms. The van der Waals surface area contributed by atoms with Gasteiger partial charge in [-0.2, -0.15) is 4.31 Å². The fourth-order valence-electron chi connectivity index (χ4n) is 3.42. The molecule has 0 unspecified atom stereocenters. The minimum absolute atomic E-state index is 0.320. The van der Waals surface area contributed by atoms with Gasteiger partial charge >= 0.3 is 0 Å². The summed E-state index contributed by atoms with van der Waals surface area (Å²) in [7, 11) is -3.46. The van der Waals surface area contributed by atoms with Crippen LogP contribution in [0.25, 0.3) is 10.8 Å². The fraction of sp³-hybridized carbons (Fsp3) is 0.471. The number of hydrogen-bond donors (Lipinski definition) is 0. The smallest absolute Gasteiger partial charge is 0.243 e. The van der Waals surface area contributed by atoms with E-state index in [-0.39, 0.29) is 0 Å². The van der Waals surface area contributed by atoms with Gasteiger partial charge in [0.05, 0.1) is 4.90 Å². The van der Waals surface area contributed by atoms with E-state index >= 15 is 0 Å². The summed E-state index contributed by atoms with van der Waals surface area (Å²) in [6.07, 6.45) is 5.82. The van der Waals surface area contributed by atoms with Gasteiger partial charge in [-0.05, 0) is 31.9 Å². The van der Waals surface area contributed by atoms with Gasteiger partial charge < -0.3 is 0 Å². The van der Waals surface area contributed by atoms with Crippen molar-refractivity contribution in [2.45, 2.75) is 30.2 Å². The Bertz CT molecular complexity index is 833. The number of fused-ring (bicyclic) bond motifs is 1. The van der Waals surface area contributed by atoms with Gasteiger partial charge in [0.1, 0.15) is 0 Å². The highest BCUT2D eigenvalue weighted by Gasteiger charge is 2.45. The summed E-state index contributed by atoms with van der Waals surface area (Å²) in [6.45, 7) is 5.05. The van der Waals surface area contributed by atoms with Crippen LogP contribution < -0.4 is 0 Å². The summed E-state index contributed by atoms with van der Waals surface area (Å²) in [5.74, 6) is 0. The van der Waals surface area contributed by atoms with Gasteiger partial charge in [0.25, 0.3) is 0 Å². The molecule has 2 fully saturated rings. The number of nitrogens with zero attached hydrogens (tertiary/aromatic N) is 3. The third kappa shape index (κ3) is 2.55. The number of rotatable bonds is 3. The standard InChI is InChI=1S/C17H21N3O2S/c1-17(6-7-17)19-9-11-20(12-10-19)23(21,22)16-4-2-3-14-13-18-8-5-15(14)16/h2-5,8,13H,6-7,9-12H2,1H3. The van der Waals surface area contributed by atoms with Crippen molar-refractivity contribution in [1.82, 2.24) is 14.2 Å². The lowest BCUT2D eigenvalue weighted by molar-refractivity contribution is 0.132. The van der Waals surface area contributed by atoms with Crippen molar-refractivity contribution in [2.75, 3.05) is 26.2 Å². The molecule has 1 aromatic carbocycles. The number of hydrogen-bond acceptors (Lipinski definition) is 4. The molecule has 1 saturated carbocycles. The number of pyridine rings is 1. The largest absolute Gasteiger partial charge is 0.295 e. The first-order valence-electron chi connectivity index (χ1n) is 8.09. The molecule has 5 nitrogen and oxygen atoms in total. The van der Waals surface area contributed by atoms with E-state index in [2.05, 4.69) is 16.8 Å². The van der Waals surface area contributed by atoms with E-state index < -0.39 is 10.0 Å². The molecule has 1 aromatic heterocycles. The first-order chi connectivity index (χ1) is 11.0. The van der Waals surface area contributed by atoms with Gasteiger partial charge in [-0.3, -0.25) is 9.88 Å². The second-order valence-electron chi connectivity index (χ2n) is 6.74. The normalized spacial score (nSPS) is 22.3. The van der Waals surface area contributed by atoms with Crippen molar-refractivity contribution in [3.63, 3.8) is 0 Å². The molecule has 1 saturated heterocycles. The Labute approximate surface area is 137 Å². The van der Waals surface area contributed by atoms with E-state index in [9.17, 15) is 8.42 Å². The fourth-order valence-corrected chi connectivity index (χ4v) is 5.06. The zero-order valence-electron chi connectivity index (χ0n) is 13.3. The molecule has 0 spiro atoms. The van der Waals surface area contributed by atoms with Gasteiger partial charge in [0, 0.05) is 54.9 Å². The predicted octanol–water partition coefficient (Wildman–Crippen LogP) is 2.09. The Hall–Kier alpha value is -1.50. The van der Waals surface area contributed by atoms with Crippen LogP contribution >= 0.6 is 0 Å². The van der Waals surface area contributed by atoms with E-state index in [1.54, 1.807) is 34.9 Å². The lowest BCUT2D eigenvalue weighted by atomic mass is 10.2. The summed E-state index contributed by atoms with van der Waals surface area (Å²) in [4.78, 5) is 6.91. The van der Waals surface area contributed by atoms with Gasteiger partial charge in [0.2, 0.25) is 10.0 Å². The SMILES string of the molecule is CC1(N2CCN(S(=O)(=O)c3cccc4cnccc34)CC2)CC1. The van der Waals surface area contributed by atoms with Crippen molar-refractivity contribution in [3.8, 4) is 0 Å². The van der Waals surface area contributed by atoms with Crippen LogP contribution in [0.15, 0.2) is 41.6 Å². The second kappa shape index (κ2) is 5.26. The lowest BCUT2D eigenvalue weighted by Crippen LogP contribution is -2.52. The Balaban J connectivity index is 1.63. The predicted molar refractivity (Wildman–Crippen MR) is 89.7 cm³/mol. The molecular weight excluding hydrogens is 310 g/mol. The molecule has 0 N–H and O–H groups in total.